The molecule has 1 unspecified atom stereocenters. The normalized spacial score (nSPS) is 21.6. The summed E-state index contributed by atoms with van der Waals surface area (Å²) < 4.78 is 0. The number of likely N-dealkylation sites (tertiary alicyclic amines) is 1. The minimum atomic E-state index is -1.25. The first-order valence-electron chi connectivity index (χ1n) is 13.7. The molecule has 5 rings (SSSR count). The van der Waals surface area contributed by atoms with Crippen LogP contribution >= 0.6 is 0 Å². The van der Waals surface area contributed by atoms with Gasteiger partial charge < -0.3 is 26.6 Å². The van der Waals surface area contributed by atoms with Gasteiger partial charge in [0, 0.05) is 31.3 Å². The number of carbonyl (C=O) groups excluding carboxylic acids is 4. The van der Waals surface area contributed by atoms with Gasteiger partial charge in [0.05, 0.1) is 12.6 Å². The summed E-state index contributed by atoms with van der Waals surface area (Å²) >= 11 is 0. The summed E-state index contributed by atoms with van der Waals surface area (Å²) in [6.07, 6.45) is 3.07. The molecule has 4 amide bonds. The minimum absolute atomic E-state index is 0.0567. The van der Waals surface area contributed by atoms with Gasteiger partial charge in [-0.15, -0.1) is 0 Å². The van der Waals surface area contributed by atoms with Gasteiger partial charge in [-0.3, -0.25) is 19.2 Å². The second-order valence-corrected chi connectivity index (χ2v) is 10.8. The lowest BCUT2D eigenvalue weighted by molar-refractivity contribution is -0.131. The molecule has 10 nitrogen and oxygen atoms in total. The van der Waals surface area contributed by atoms with Gasteiger partial charge in [0.2, 0.25) is 11.8 Å². The molecule has 1 saturated carbocycles. The lowest BCUT2D eigenvalue weighted by atomic mass is 9.69. The zero-order chi connectivity index (χ0) is 28.6. The van der Waals surface area contributed by atoms with E-state index < -0.39 is 11.3 Å². The highest BCUT2D eigenvalue weighted by Crippen LogP contribution is 2.47. The van der Waals surface area contributed by atoms with Crippen molar-refractivity contribution in [3.63, 3.8) is 0 Å². The number of benzene rings is 2. The van der Waals surface area contributed by atoms with Crippen molar-refractivity contribution < 1.29 is 19.2 Å². The van der Waals surface area contributed by atoms with Crippen molar-refractivity contribution in [1.82, 2.24) is 20.9 Å². The van der Waals surface area contributed by atoms with Crippen molar-refractivity contribution in [2.45, 2.75) is 49.6 Å². The maximum atomic E-state index is 13.5. The smallest absolute Gasteiger partial charge is 0.251 e. The fourth-order valence-corrected chi connectivity index (χ4v) is 6.57. The van der Waals surface area contributed by atoms with E-state index in [4.69, 9.17) is 5.73 Å². The Hall–Kier alpha value is -4.23. The average Bonchev–Trinajstić information content (AvgIpc) is 3.66. The van der Waals surface area contributed by atoms with Gasteiger partial charge >= 0.3 is 0 Å². The summed E-state index contributed by atoms with van der Waals surface area (Å²) in [6, 6.07) is 12.6. The number of hydrogen-bond donors (Lipinski definition) is 4. The quantitative estimate of drug-likeness (QED) is 0.361. The van der Waals surface area contributed by atoms with Crippen LogP contribution in [0.2, 0.25) is 0 Å². The Bertz CT molecular complexity index is 1360. The summed E-state index contributed by atoms with van der Waals surface area (Å²) in [5.41, 5.74) is 9.04. The van der Waals surface area contributed by atoms with Crippen LogP contribution in [0.15, 0.2) is 36.4 Å². The van der Waals surface area contributed by atoms with Crippen molar-refractivity contribution in [2.75, 3.05) is 27.2 Å². The number of primary amides is 1. The number of aryl methyl sites for hydroxylation is 2. The molecule has 0 spiro atoms. The van der Waals surface area contributed by atoms with Crippen molar-refractivity contribution in [3.8, 4) is 6.07 Å². The van der Waals surface area contributed by atoms with Crippen LogP contribution in [0.5, 0.6) is 0 Å². The lowest BCUT2D eigenvalue weighted by Crippen LogP contribution is -2.47. The van der Waals surface area contributed by atoms with E-state index in [9.17, 15) is 24.4 Å². The van der Waals surface area contributed by atoms with Crippen LogP contribution in [-0.4, -0.2) is 67.8 Å². The summed E-state index contributed by atoms with van der Waals surface area (Å²) in [4.78, 5) is 53.0. The SMILES string of the molecule is CNC(=O)c1ccc2c(c1)CCc1cc(C(=O)NC)ccc1C2(CCNCC(=O)N1C(C#N)C[C@@H]2C[C@@H]21)C(N)=O. The Kier molecular flexibility index (Phi) is 7.34. The average molecular weight is 543 g/mol. The Morgan fingerprint density at radius 2 is 1.55 bits per heavy atom. The van der Waals surface area contributed by atoms with E-state index in [0.29, 0.717) is 36.4 Å². The fourth-order valence-electron chi connectivity index (χ4n) is 6.57. The first-order valence-corrected chi connectivity index (χ1v) is 13.7. The number of amides is 4. The van der Waals surface area contributed by atoms with E-state index in [0.717, 1.165) is 35.1 Å². The van der Waals surface area contributed by atoms with Crippen molar-refractivity contribution in [1.29, 1.82) is 5.26 Å². The molecule has 5 N–H and O–H groups in total. The highest BCUT2D eigenvalue weighted by Gasteiger charge is 2.54. The Labute approximate surface area is 233 Å². The molecule has 1 aliphatic heterocycles. The molecular formula is C30H34N6O4. The fraction of sp³-hybridized carbons (Fsp3) is 0.433. The third kappa shape index (κ3) is 4.60. The summed E-state index contributed by atoms with van der Waals surface area (Å²) in [5, 5.41) is 17.9. The zero-order valence-electron chi connectivity index (χ0n) is 22.8. The summed E-state index contributed by atoms with van der Waals surface area (Å²) in [7, 11) is 3.13. The predicted molar refractivity (Wildman–Crippen MR) is 147 cm³/mol. The van der Waals surface area contributed by atoms with Crippen molar-refractivity contribution >= 4 is 23.6 Å². The van der Waals surface area contributed by atoms with Gasteiger partial charge in [-0.2, -0.15) is 5.26 Å². The molecule has 2 fully saturated rings. The molecule has 3 atom stereocenters. The first kappa shape index (κ1) is 27.3. The van der Waals surface area contributed by atoms with Crippen LogP contribution in [0.25, 0.3) is 0 Å². The zero-order valence-corrected chi connectivity index (χ0v) is 22.8. The number of piperidine rings is 1. The molecule has 0 radical (unpaired) electrons. The monoisotopic (exact) mass is 542 g/mol. The van der Waals surface area contributed by atoms with E-state index in [1.165, 1.54) is 0 Å². The minimum Gasteiger partial charge on any atom is -0.369 e. The Morgan fingerprint density at radius 3 is 2.05 bits per heavy atom. The highest BCUT2D eigenvalue weighted by atomic mass is 16.2. The number of nitrogens with zero attached hydrogens (tertiary/aromatic N) is 2. The van der Waals surface area contributed by atoms with E-state index in [-0.39, 0.29) is 42.8 Å². The molecule has 2 aromatic rings. The van der Waals surface area contributed by atoms with E-state index in [1.54, 1.807) is 55.4 Å². The molecule has 2 aliphatic carbocycles. The lowest BCUT2D eigenvalue weighted by Gasteiger charge is -2.34. The second kappa shape index (κ2) is 10.7. The third-order valence-electron chi connectivity index (χ3n) is 8.69. The Balaban J connectivity index is 1.47. The number of hydrogen-bond acceptors (Lipinski definition) is 6. The van der Waals surface area contributed by atoms with Crippen LogP contribution in [0.3, 0.4) is 0 Å². The molecule has 1 heterocycles. The molecule has 40 heavy (non-hydrogen) atoms. The maximum Gasteiger partial charge on any atom is 0.251 e. The van der Waals surface area contributed by atoms with Gasteiger partial charge in [0.1, 0.15) is 11.5 Å². The summed E-state index contributed by atoms with van der Waals surface area (Å²) in [5.74, 6) is -0.684. The van der Waals surface area contributed by atoms with Gasteiger partial charge in [0.25, 0.3) is 11.8 Å². The molecule has 1 saturated heterocycles. The van der Waals surface area contributed by atoms with Crippen molar-refractivity contribution in [3.05, 3.63) is 69.8 Å². The summed E-state index contributed by atoms with van der Waals surface area (Å²) in [6.45, 7) is 0.363. The number of nitrogens with two attached hydrogens (primary N) is 1. The van der Waals surface area contributed by atoms with Crippen molar-refractivity contribution in [2.24, 2.45) is 11.7 Å². The number of fused-ring (bicyclic) bond motifs is 3. The Morgan fingerprint density at radius 1 is 0.975 bits per heavy atom. The van der Waals surface area contributed by atoms with Gasteiger partial charge in [-0.25, -0.2) is 0 Å². The van der Waals surface area contributed by atoms with Crippen LogP contribution in [0.4, 0.5) is 0 Å². The van der Waals surface area contributed by atoms with Crippen LogP contribution in [0.1, 0.15) is 62.2 Å². The predicted octanol–water partition coefficient (Wildman–Crippen LogP) is 0.768. The van der Waals surface area contributed by atoms with Crippen LogP contribution in [-0.2, 0) is 27.8 Å². The van der Waals surface area contributed by atoms with E-state index in [1.807, 2.05) is 0 Å². The molecule has 0 bridgehead atoms. The number of nitrogens with one attached hydrogen (secondary N) is 3. The number of carbonyl (C=O) groups is 4. The third-order valence-corrected chi connectivity index (χ3v) is 8.69. The first-order chi connectivity index (χ1) is 19.2. The topological polar surface area (TPSA) is 157 Å². The number of nitriles is 1. The van der Waals surface area contributed by atoms with E-state index in [2.05, 4.69) is 22.0 Å². The van der Waals surface area contributed by atoms with Gasteiger partial charge in [0.15, 0.2) is 0 Å². The van der Waals surface area contributed by atoms with Gasteiger partial charge in [-0.1, -0.05) is 12.1 Å². The molecule has 3 aliphatic rings. The molecule has 0 aromatic heterocycles. The standard InChI is InChI=1S/C30H34N6O4/c1-33-27(38)19-5-7-23-17(11-19)3-4-18-12-20(28(39)34-2)6-8-24(18)30(23,29(32)40)9-10-35-16-26(37)36-22(15-31)13-21-14-25(21)36/h5-8,11-12,21-22,25,35H,3-4,9-10,13-14,16H2,1-2H3,(H2,32,40)(H,33,38)(H,34,39)/t21-,22?,25+/m1/s1. The molecule has 208 valence electrons. The van der Waals surface area contributed by atoms with Crippen LogP contribution < -0.4 is 21.7 Å². The molecule has 10 heteroatoms. The number of rotatable bonds is 8. The largest absolute Gasteiger partial charge is 0.369 e. The molecule has 2 aromatic carbocycles. The van der Waals surface area contributed by atoms with E-state index >= 15 is 0 Å². The highest BCUT2D eigenvalue weighted by molar-refractivity contribution is 5.97. The second-order valence-electron chi connectivity index (χ2n) is 10.8. The maximum absolute atomic E-state index is 13.5. The van der Waals surface area contributed by atoms with Gasteiger partial charge in [-0.05, 0) is 91.1 Å². The van der Waals surface area contributed by atoms with Crippen LogP contribution in [0, 0.1) is 17.2 Å². The molecular weight excluding hydrogens is 508 g/mol.